The van der Waals surface area contributed by atoms with Gasteiger partial charge in [-0.25, -0.2) is 14.0 Å². The molecule has 7 nitrogen and oxygen atoms in total. The van der Waals surface area contributed by atoms with Gasteiger partial charge in [0.2, 0.25) is 5.79 Å². The van der Waals surface area contributed by atoms with Crippen molar-refractivity contribution in [3.8, 4) is 0 Å². The molecule has 0 heterocycles. The number of hydrogen-bond acceptors (Lipinski definition) is 6. The molecule has 5 saturated carbocycles. The van der Waals surface area contributed by atoms with Crippen molar-refractivity contribution in [2.75, 3.05) is 13.7 Å². The summed E-state index contributed by atoms with van der Waals surface area (Å²) < 4.78 is 40.5. The Balaban J connectivity index is 1.28. The van der Waals surface area contributed by atoms with Crippen molar-refractivity contribution in [2.24, 2.45) is 29.6 Å². The Kier molecular flexibility index (Phi) is 5.35. The molecule has 5 rings (SSSR count). The summed E-state index contributed by atoms with van der Waals surface area (Å²) in [6.45, 7) is 0.0291. The molecule has 5 aliphatic rings. The summed E-state index contributed by atoms with van der Waals surface area (Å²) in [7, 11) is -2.61. The first-order valence-electron chi connectivity index (χ1n) is 9.89. The van der Waals surface area contributed by atoms with Crippen molar-refractivity contribution in [2.45, 2.75) is 69.7 Å². The molecule has 0 amide bonds. The van der Waals surface area contributed by atoms with Gasteiger partial charge in [0, 0.05) is 18.9 Å². The molecule has 8 heteroatoms. The normalized spacial score (nSPS) is 45.2. The van der Waals surface area contributed by atoms with Crippen molar-refractivity contribution in [1.82, 2.24) is 0 Å². The first-order chi connectivity index (χ1) is 12.4. The summed E-state index contributed by atoms with van der Waals surface area (Å²) >= 11 is 0. The lowest BCUT2D eigenvalue weighted by atomic mass is 9.53. The van der Waals surface area contributed by atoms with Crippen molar-refractivity contribution < 1.29 is 31.7 Å². The highest BCUT2D eigenvalue weighted by Crippen LogP contribution is 2.60. The molecule has 0 atom stereocenters. The van der Waals surface area contributed by atoms with Crippen LogP contribution in [-0.4, -0.2) is 38.6 Å². The maximum Gasteiger partial charge on any atom is 0.397 e. The minimum atomic E-state index is -4.36. The summed E-state index contributed by atoms with van der Waals surface area (Å²) in [5.41, 5.74) is 0. The average Bonchev–Trinajstić information content (AvgIpc) is 2.60. The minimum absolute atomic E-state index is 0.00111. The van der Waals surface area contributed by atoms with Crippen LogP contribution >= 0.6 is 0 Å². The second-order valence-electron chi connectivity index (χ2n) is 8.76. The highest BCUT2D eigenvalue weighted by atomic mass is 32.3. The Morgan fingerprint density at radius 3 is 2.04 bits per heavy atom. The predicted molar refractivity (Wildman–Crippen MR) is 92.2 cm³/mol. The zero-order valence-electron chi connectivity index (χ0n) is 15.3. The van der Waals surface area contributed by atoms with Gasteiger partial charge in [0.25, 0.3) is 0 Å². The van der Waals surface area contributed by atoms with Crippen LogP contribution in [0.2, 0.25) is 0 Å². The summed E-state index contributed by atoms with van der Waals surface area (Å²) in [5, 5.41) is 0. The second-order valence-corrected chi connectivity index (χ2v) is 9.86. The van der Waals surface area contributed by atoms with Crippen LogP contribution in [0.15, 0.2) is 0 Å². The van der Waals surface area contributed by atoms with Crippen LogP contribution in [-0.2, 0) is 29.1 Å². The molecular formula is C18H30O7S. The number of ether oxygens (including phenoxy) is 1. The minimum Gasteiger partial charge on any atom is -0.350 e. The predicted octanol–water partition coefficient (Wildman–Crippen LogP) is 3.11. The quantitative estimate of drug-likeness (QED) is 0.309. The van der Waals surface area contributed by atoms with Crippen LogP contribution in [0.1, 0.15) is 57.8 Å². The Bertz CT molecular complexity index is 569. The third kappa shape index (κ3) is 3.82. The molecular weight excluding hydrogens is 360 g/mol. The fourth-order valence-corrected chi connectivity index (χ4v) is 6.43. The third-order valence-electron chi connectivity index (χ3n) is 7.16. The summed E-state index contributed by atoms with van der Waals surface area (Å²) in [6.07, 6.45) is 9.28. The zero-order chi connectivity index (χ0) is 18.4. The highest BCUT2D eigenvalue weighted by Gasteiger charge is 2.60. The van der Waals surface area contributed by atoms with Crippen molar-refractivity contribution in [3.05, 3.63) is 0 Å². The van der Waals surface area contributed by atoms with Crippen molar-refractivity contribution >= 4 is 10.4 Å². The first-order valence-corrected chi connectivity index (χ1v) is 11.3. The van der Waals surface area contributed by atoms with E-state index in [1.165, 1.54) is 32.1 Å². The molecule has 0 aromatic heterocycles. The fourth-order valence-electron chi connectivity index (χ4n) is 6.06. The monoisotopic (exact) mass is 390 g/mol. The van der Waals surface area contributed by atoms with Gasteiger partial charge in [0.15, 0.2) is 0 Å². The van der Waals surface area contributed by atoms with Gasteiger partial charge in [-0.3, -0.25) is 4.55 Å². The van der Waals surface area contributed by atoms with Crippen molar-refractivity contribution in [1.29, 1.82) is 0 Å². The smallest absolute Gasteiger partial charge is 0.350 e. The standard InChI is InChI=1S/C18H30O7S/c1-22-18(15-7-13-6-14(9-15)10-16(18)8-13)25-24-17-4-2-12(3-5-17)11-23-26(19,20)21/h12-17H,2-11H2,1H3,(H,19,20,21). The molecule has 1 N–H and O–H groups in total. The molecule has 0 unspecified atom stereocenters. The summed E-state index contributed by atoms with van der Waals surface area (Å²) in [4.78, 5) is 11.9. The lowest BCUT2D eigenvalue weighted by Gasteiger charge is -2.58. The van der Waals surface area contributed by atoms with Gasteiger partial charge in [0.05, 0.1) is 12.7 Å². The largest absolute Gasteiger partial charge is 0.397 e. The lowest BCUT2D eigenvalue weighted by molar-refractivity contribution is -0.486. The molecule has 0 spiro atoms. The van der Waals surface area contributed by atoms with E-state index in [9.17, 15) is 8.42 Å². The summed E-state index contributed by atoms with van der Waals surface area (Å²) in [5.74, 6) is 2.07. The fraction of sp³-hybridized carbons (Fsp3) is 1.00. The number of rotatable bonds is 7. The number of methoxy groups -OCH3 is 1. The Labute approximate surface area is 155 Å². The topological polar surface area (TPSA) is 91.3 Å². The first kappa shape index (κ1) is 19.1. The van der Waals surface area contributed by atoms with Crippen LogP contribution in [0.25, 0.3) is 0 Å². The highest BCUT2D eigenvalue weighted by molar-refractivity contribution is 7.80. The van der Waals surface area contributed by atoms with Crippen LogP contribution in [0.3, 0.4) is 0 Å². The summed E-state index contributed by atoms with van der Waals surface area (Å²) in [6, 6.07) is 0. The number of hydrogen-bond donors (Lipinski definition) is 1. The molecule has 150 valence electrons. The van der Waals surface area contributed by atoms with Gasteiger partial charge in [0.1, 0.15) is 0 Å². The van der Waals surface area contributed by atoms with Crippen LogP contribution in [0, 0.1) is 29.6 Å². The maximum atomic E-state index is 10.7. The third-order valence-corrected chi connectivity index (χ3v) is 7.59. The van der Waals surface area contributed by atoms with Gasteiger partial charge in [-0.15, -0.1) is 0 Å². The van der Waals surface area contributed by atoms with Gasteiger partial charge < -0.3 is 4.74 Å². The maximum absolute atomic E-state index is 10.7. The van der Waals surface area contributed by atoms with Gasteiger partial charge in [-0.2, -0.15) is 8.42 Å². The van der Waals surface area contributed by atoms with E-state index in [1.807, 2.05) is 0 Å². The van der Waals surface area contributed by atoms with E-state index in [-0.39, 0.29) is 18.6 Å². The van der Waals surface area contributed by atoms with Gasteiger partial charge in [-0.05, 0) is 75.5 Å². The van der Waals surface area contributed by atoms with E-state index in [2.05, 4.69) is 4.18 Å². The second kappa shape index (κ2) is 7.29. The lowest BCUT2D eigenvalue weighted by Crippen LogP contribution is -2.60. The van der Waals surface area contributed by atoms with Crippen LogP contribution in [0.4, 0.5) is 0 Å². The Hall–Kier alpha value is -0.250. The van der Waals surface area contributed by atoms with Crippen LogP contribution in [0.5, 0.6) is 0 Å². The average molecular weight is 390 g/mol. The van der Waals surface area contributed by atoms with Crippen LogP contribution < -0.4 is 0 Å². The molecule has 4 bridgehead atoms. The SMILES string of the molecule is COC1(OOC2CCC(COS(=O)(=O)O)CC2)C2CC3CC(C2)CC1C3. The van der Waals surface area contributed by atoms with E-state index < -0.39 is 16.2 Å². The Morgan fingerprint density at radius 2 is 1.54 bits per heavy atom. The molecule has 0 aromatic carbocycles. The van der Waals surface area contributed by atoms with E-state index in [0.717, 1.165) is 37.5 Å². The van der Waals surface area contributed by atoms with Gasteiger partial charge in [-0.1, -0.05) is 0 Å². The molecule has 0 radical (unpaired) electrons. The van der Waals surface area contributed by atoms with Gasteiger partial charge >= 0.3 is 10.4 Å². The molecule has 5 aliphatic carbocycles. The molecule has 0 aromatic rings. The molecule has 5 fully saturated rings. The van der Waals surface area contributed by atoms with Crippen molar-refractivity contribution in [3.63, 3.8) is 0 Å². The van der Waals surface area contributed by atoms with E-state index in [0.29, 0.717) is 11.8 Å². The Morgan fingerprint density at radius 1 is 0.962 bits per heavy atom. The molecule has 26 heavy (non-hydrogen) atoms. The van der Waals surface area contributed by atoms with E-state index in [4.69, 9.17) is 19.1 Å². The zero-order valence-corrected chi connectivity index (χ0v) is 16.2. The molecule has 0 aliphatic heterocycles. The molecule has 0 saturated heterocycles. The van der Waals surface area contributed by atoms with E-state index in [1.54, 1.807) is 7.11 Å². The van der Waals surface area contributed by atoms with E-state index >= 15 is 0 Å².